The van der Waals surface area contributed by atoms with Gasteiger partial charge in [-0.2, -0.15) is 5.10 Å². The Kier molecular flexibility index (Phi) is 6.38. The van der Waals surface area contributed by atoms with E-state index in [4.69, 9.17) is 15.6 Å². The number of aliphatic imine (C=N–C) groups is 1. The van der Waals surface area contributed by atoms with E-state index in [1.165, 1.54) is 11.8 Å². The average molecular weight is 496 g/mol. The van der Waals surface area contributed by atoms with E-state index in [1.807, 2.05) is 60.8 Å². The third kappa shape index (κ3) is 4.77. The van der Waals surface area contributed by atoms with Gasteiger partial charge >= 0.3 is 0 Å². The molecule has 0 saturated carbocycles. The molecule has 2 heterocycles. The number of hydrogen-bond acceptors (Lipinski definition) is 6. The fourth-order valence-corrected chi connectivity index (χ4v) is 4.52. The summed E-state index contributed by atoms with van der Waals surface area (Å²) in [7, 11) is 1.62. The number of nitrogens with zero attached hydrogens (tertiary/aromatic N) is 3. The van der Waals surface area contributed by atoms with Crippen molar-refractivity contribution in [1.29, 1.82) is 0 Å². The lowest BCUT2D eigenvalue weighted by Gasteiger charge is -2.03. The van der Waals surface area contributed by atoms with Gasteiger partial charge in [0.15, 0.2) is 5.17 Å². The van der Waals surface area contributed by atoms with E-state index in [1.54, 1.807) is 42.1 Å². The molecular formula is C27H21N5O3S. The second-order valence-corrected chi connectivity index (χ2v) is 8.84. The van der Waals surface area contributed by atoms with Gasteiger partial charge < -0.3 is 15.8 Å². The molecule has 0 atom stereocenters. The predicted molar refractivity (Wildman–Crippen MR) is 141 cm³/mol. The van der Waals surface area contributed by atoms with Gasteiger partial charge in [0.2, 0.25) is 0 Å². The first kappa shape index (κ1) is 23.1. The van der Waals surface area contributed by atoms with Crippen LogP contribution >= 0.6 is 11.8 Å². The van der Waals surface area contributed by atoms with Crippen LogP contribution in [0.25, 0.3) is 23.0 Å². The van der Waals surface area contributed by atoms with Gasteiger partial charge in [-0.05, 0) is 66.4 Å². The molecule has 2 amide bonds. The second-order valence-electron chi connectivity index (χ2n) is 7.80. The highest BCUT2D eigenvalue weighted by Crippen LogP contribution is 2.33. The van der Waals surface area contributed by atoms with E-state index in [-0.39, 0.29) is 11.5 Å². The molecule has 5 rings (SSSR count). The molecule has 1 aromatic heterocycles. The zero-order valence-corrected chi connectivity index (χ0v) is 20.0. The summed E-state index contributed by atoms with van der Waals surface area (Å²) in [6, 6.07) is 24.1. The number of rotatable bonds is 6. The number of benzene rings is 3. The lowest BCUT2D eigenvalue weighted by atomic mass is 10.1. The normalized spacial score (nSPS) is 15.3. The fourth-order valence-electron chi connectivity index (χ4n) is 3.69. The number of nitrogens with two attached hydrogens (primary N) is 1. The average Bonchev–Trinajstić information content (AvgIpc) is 3.48. The lowest BCUT2D eigenvalue weighted by Crippen LogP contribution is -2.19. The van der Waals surface area contributed by atoms with Crippen molar-refractivity contribution in [3.8, 4) is 22.7 Å². The topological polar surface area (TPSA) is 112 Å². The van der Waals surface area contributed by atoms with Crippen LogP contribution in [0.1, 0.15) is 15.9 Å². The minimum Gasteiger partial charge on any atom is -0.497 e. The smallest absolute Gasteiger partial charge is 0.264 e. The fraction of sp³-hybridized carbons (Fsp3) is 0.0370. The molecule has 1 fully saturated rings. The summed E-state index contributed by atoms with van der Waals surface area (Å²) in [5.41, 5.74) is 9.38. The van der Waals surface area contributed by atoms with Crippen LogP contribution in [0.2, 0.25) is 0 Å². The number of para-hydroxylation sites is 2. The third-order valence-electron chi connectivity index (χ3n) is 5.46. The number of carbonyl (C=O) groups excluding carboxylic acids is 2. The number of primary amides is 1. The van der Waals surface area contributed by atoms with Gasteiger partial charge in [-0.1, -0.05) is 30.3 Å². The van der Waals surface area contributed by atoms with Crippen LogP contribution in [0, 0.1) is 0 Å². The highest BCUT2D eigenvalue weighted by molar-refractivity contribution is 8.18. The van der Waals surface area contributed by atoms with Crippen molar-refractivity contribution in [2.24, 2.45) is 10.7 Å². The minimum atomic E-state index is -0.586. The zero-order chi connectivity index (χ0) is 25.1. The van der Waals surface area contributed by atoms with Crippen molar-refractivity contribution >= 4 is 40.5 Å². The molecule has 8 nitrogen and oxygen atoms in total. The predicted octanol–water partition coefficient (Wildman–Crippen LogP) is 4.54. The van der Waals surface area contributed by atoms with Crippen molar-refractivity contribution in [3.63, 3.8) is 0 Å². The van der Waals surface area contributed by atoms with E-state index in [9.17, 15) is 9.59 Å². The van der Waals surface area contributed by atoms with Gasteiger partial charge in [0, 0.05) is 17.3 Å². The molecule has 3 N–H and O–H groups in total. The van der Waals surface area contributed by atoms with Gasteiger partial charge in [-0.15, -0.1) is 0 Å². The van der Waals surface area contributed by atoms with Gasteiger partial charge in [-0.3, -0.25) is 9.59 Å². The molecule has 1 aliphatic rings. The number of amidine groups is 1. The highest BCUT2D eigenvalue weighted by atomic mass is 32.2. The number of amides is 2. The Morgan fingerprint density at radius 2 is 1.78 bits per heavy atom. The number of nitrogens with one attached hydrogen (secondary N) is 1. The van der Waals surface area contributed by atoms with Crippen LogP contribution in [0.5, 0.6) is 5.75 Å². The van der Waals surface area contributed by atoms with E-state index in [0.717, 1.165) is 22.6 Å². The molecular weight excluding hydrogens is 474 g/mol. The van der Waals surface area contributed by atoms with Crippen molar-refractivity contribution < 1.29 is 14.3 Å². The summed E-state index contributed by atoms with van der Waals surface area (Å²) in [6.45, 7) is 0. The Morgan fingerprint density at radius 1 is 1.06 bits per heavy atom. The van der Waals surface area contributed by atoms with Crippen LogP contribution in [0.4, 0.5) is 5.69 Å². The van der Waals surface area contributed by atoms with Gasteiger partial charge in [0.1, 0.15) is 5.75 Å². The largest absolute Gasteiger partial charge is 0.497 e. The molecule has 1 saturated heterocycles. The van der Waals surface area contributed by atoms with Crippen molar-refractivity contribution in [1.82, 2.24) is 15.1 Å². The molecule has 0 unspecified atom stereocenters. The molecule has 0 aliphatic carbocycles. The molecule has 9 heteroatoms. The molecule has 0 spiro atoms. The van der Waals surface area contributed by atoms with Gasteiger partial charge in [0.05, 0.1) is 34.6 Å². The second kappa shape index (κ2) is 9.93. The van der Waals surface area contributed by atoms with Crippen molar-refractivity contribution in [3.05, 3.63) is 101 Å². The van der Waals surface area contributed by atoms with E-state index in [2.05, 4.69) is 10.3 Å². The lowest BCUT2D eigenvalue weighted by molar-refractivity contribution is -0.115. The zero-order valence-electron chi connectivity index (χ0n) is 19.2. The van der Waals surface area contributed by atoms with E-state index < -0.39 is 5.91 Å². The summed E-state index contributed by atoms with van der Waals surface area (Å²) in [5, 5.41) is 7.92. The monoisotopic (exact) mass is 495 g/mol. The minimum absolute atomic E-state index is 0.281. The Bertz CT molecular complexity index is 1510. The number of methoxy groups -OCH3 is 1. The molecule has 4 aromatic rings. The summed E-state index contributed by atoms with van der Waals surface area (Å²) in [5.74, 6) is -0.134. The molecule has 0 radical (unpaired) electrons. The first-order valence-electron chi connectivity index (χ1n) is 11.0. The van der Waals surface area contributed by atoms with Crippen LogP contribution in [-0.2, 0) is 4.79 Å². The van der Waals surface area contributed by atoms with Crippen LogP contribution in [0.15, 0.2) is 95.0 Å². The SMILES string of the molecule is COc1ccc(-c2nn(-c3ccccc3)cc2/C=C2\SC(=Nc3ccccc3C(N)=O)NC2=O)cc1. The maximum absolute atomic E-state index is 12.8. The third-order valence-corrected chi connectivity index (χ3v) is 6.37. The first-order chi connectivity index (χ1) is 17.5. The van der Waals surface area contributed by atoms with Gasteiger partial charge in [0.25, 0.3) is 11.8 Å². The quantitative estimate of drug-likeness (QED) is 0.382. The van der Waals surface area contributed by atoms with Crippen LogP contribution in [0.3, 0.4) is 0 Å². The Labute approximate surface area is 211 Å². The molecule has 3 aromatic carbocycles. The first-order valence-corrected chi connectivity index (χ1v) is 11.8. The Hall–Kier alpha value is -4.63. The number of hydrogen-bond donors (Lipinski definition) is 2. The maximum atomic E-state index is 12.8. The molecule has 36 heavy (non-hydrogen) atoms. The summed E-state index contributed by atoms with van der Waals surface area (Å²) in [4.78, 5) is 29.4. The number of aromatic nitrogens is 2. The summed E-state index contributed by atoms with van der Waals surface area (Å²) < 4.78 is 7.06. The maximum Gasteiger partial charge on any atom is 0.264 e. The standard InChI is InChI=1S/C27H21N5O3S/c1-35-20-13-11-17(12-14-20)24-18(16-32(31-24)19-7-3-2-4-8-19)15-23-26(34)30-27(36-23)29-22-10-6-5-9-21(22)25(28)33/h2-16H,1H3,(H2,28,33)(H,29,30,34)/b23-15-. The van der Waals surface area contributed by atoms with E-state index in [0.29, 0.717) is 21.5 Å². The molecule has 0 bridgehead atoms. The highest BCUT2D eigenvalue weighted by Gasteiger charge is 2.25. The number of thioether (sulfide) groups is 1. The number of carbonyl (C=O) groups is 2. The van der Waals surface area contributed by atoms with Crippen LogP contribution in [-0.4, -0.2) is 33.9 Å². The van der Waals surface area contributed by atoms with Crippen LogP contribution < -0.4 is 15.8 Å². The number of ether oxygens (including phenoxy) is 1. The van der Waals surface area contributed by atoms with Crippen molar-refractivity contribution in [2.75, 3.05) is 7.11 Å². The molecule has 1 aliphatic heterocycles. The van der Waals surface area contributed by atoms with Crippen molar-refractivity contribution in [2.45, 2.75) is 0 Å². The van der Waals surface area contributed by atoms with E-state index >= 15 is 0 Å². The Morgan fingerprint density at radius 3 is 2.50 bits per heavy atom. The van der Waals surface area contributed by atoms with Gasteiger partial charge in [-0.25, -0.2) is 9.67 Å². The summed E-state index contributed by atoms with van der Waals surface area (Å²) >= 11 is 1.19. The summed E-state index contributed by atoms with van der Waals surface area (Å²) in [6.07, 6.45) is 3.67. The molecule has 178 valence electrons. The Balaban J connectivity index is 1.53.